The van der Waals surface area contributed by atoms with Crippen LogP contribution in [0.1, 0.15) is 52.7 Å². The largest absolute Gasteiger partial charge is 0.493 e. The van der Waals surface area contributed by atoms with E-state index >= 15 is 0 Å². The van der Waals surface area contributed by atoms with Crippen molar-refractivity contribution in [1.82, 2.24) is 10.2 Å². The Morgan fingerprint density at radius 2 is 1.84 bits per heavy atom. The van der Waals surface area contributed by atoms with Crippen molar-refractivity contribution >= 4 is 34.9 Å². The van der Waals surface area contributed by atoms with Crippen LogP contribution >= 0.6 is 23.1 Å². The van der Waals surface area contributed by atoms with E-state index in [9.17, 15) is 9.59 Å². The van der Waals surface area contributed by atoms with Gasteiger partial charge < -0.3 is 19.7 Å². The van der Waals surface area contributed by atoms with Gasteiger partial charge in [0, 0.05) is 22.2 Å². The molecule has 2 unspecified atom stereocenters. The number of ether oxygens (including phenoxy) is 2. The topological polar surface area (TPSA) is 67.9 Å². The molecule has 1 N–H and O–H groups in total. The van der Waals surface area contributed by atoms with Gasteiger partial charge in [-0.1, -0.05) is 25.3 Å². The number of hydrogen-bond donors (Lipinski definition) is 1. The third-order valence-corrected chi connectivity index (χ3v) is 8.29. The molecular formula is C23H28N2O4S2. The highest BCUT2D eigenvalue weighted by Crippen LogP contribution is 2.44. The monoisotopic (exact) mass is 460 g/mol. The van der Waals surface area contributed by atoms with Gasteiger partial charge in [0.1, 0.15) is 11.4 Å². The van der Waals surface area contributed by atoms with Crippen molar-refractivity contribution in [2.75, 3.05) is 20.0 Å². The van der Waals surface area contributed by atoms with Crippen LogP contribution in [0.5, 0.6) is 11.5 Å². The lowest BCUT2D eigenvalue weighted by atomic mass is 9.95. The van der Waals surface area contributed by atoms with Gasteiger partial charge in [-0.3, -0.25) is 9.59 Å². The summed E-state index contributed by atoms with van der Waals surface area (Å²) in [5.41, 5.74) is 0.483. The van der Waals surface area contributed by atoms with Crippen molar-refractivity contribution in [3.05, 3.63) is 46.2 Å². The Morgan fingerprint density at radius 1 is 1.06 bits per heavy atom. The van der Waals surface area contributed by atoms with Crippen LogP contribution in [0, 0.1) is 0 Å². The van der Waals surface area contributed by atoms with Gasteiger partial charge in [-0.15, -0.1) is 23.1 Å². The summed E-state index contributed by atoms with van der Waals surface area (Å²) in [5.74, 6) is 1.42. The smallest absolute Gasteiger partial charge is 0.255 e. The standard InChI is InChI=1S/C23H28N2O4S2/c1-28-18-11-10-15(13-19(18)29-2)22(27)25-17(14-31-23(25)20-9-6-12-30-20)21(26)24-16-7-4-3-5-8-16/h6,9-13,16-17,23H,3-5,7-8,14H2,1-2H3,(H,24,26). The molecule has 2 fully saturated rings. The molecule has 0 bridgehead atoms. The minimum Gasteiger partial charge on any atom is -0.493 e. The second-order valence-corrected chi connectivity index (χ2v) is 9.94. The first-order chi connectivity index (χ1) is 15.1. The molecule has 0 radical (unpaired) electrons. The van der Waals surface area contributed by atoms with Gasteiger partial charge in [0.2, 0.25) is 5.91 Å². The van der Waals surface area contributed by atoms with Crippen LogP contribution in [0.15, 0.2) is 35.7 Å². The van der Waals surface area contributed by atoms with Crippen LogP contribution in [0.2, 0.25) is 0 Å². The van der Waals surface area contributed by atoms with Crippen LogP contribution < -0.4 is 14.8 Å². The number of amides is 2. The molecule has 2 aliphatic rings. The second-order valence-electron chi connectivity index (χ2n) is 7.84. The first kappa shape index (κ1) is 22.0. The van der Waals surface area contributed by atoms with Crippen LogP contribution in [0.4, 0.5) is 0 Å². The first-order valence-corrected chi connectivity index (χ1v) is 12.5. The molecule has 1 saturated carbocycles. The maximum absolute atomic E-state index is 13.7. The fourth-order valence-electron chi connectivity index (χ4n) is 4.27. The van der Waals surface area contributed by atoms with Crippen molar-refractivity contribution in [2.45, 2.75) is 49.6 Å². The van der Waals surface area contributed by atoms with E-state index in [1.165, 1.54) is 6.42 Å². The zero-order chi connectivity index (χ0) is 21.8. The fourth-order valence-corrected chi connectivity index (χ4v) is 6.66. The van der Waals surface area contributed by atoms with Crippen molar-refractivity contribution in [3.63, 3.8) is 0 Å². The van der Waals surface area contributed by atoms with Gasteiger partial charge in [0.05, 0.1) is 14.2 Å². The summed E-state index contributed by atoms with van der Waals surface area (Å²) in [6, 6.07) is 8.87. The Bertz CT molecular complexity index is 912. The number of hydrogen-bond acceptors (Lipinski definition) is 6. The van der Waals surface area contributed by atoms with Crippen molar-refractivity contribution in [3.8, 4) is 11.5 Å². The van der Waals surface area contributed by atoms with Gasteiger partial charge in [0.25, 0.3) is 5.91 Å². The van der Waals surface area contributed by atoms with E-state index in [1.807, 2.05) is 17.5 Å². The number of carbonyl (C=O) groups excluding carboxylic acids is 2. The summed E-state index contributed by atoms with van der Waals surface area (Å²) < 4.78 is 10.7. The predicted molar refractivity (Wildman–Crippen MR) is 124 cm³/mol. The van der Waals surface area contributed by atoms with Crippen LogP contribution in [0.3, 0.4) is 0 Å². The quantitative estimate of drug-likeness (QED) is 0.689. The number of benzene rings is 1. The molecule has 2 atom stereocenters. The Hall–Kier alpha value is -2.19. The highest BCUT2D eigenvalue weighted by atomic mass is 32.2. The maximum Gasteiger partial charge on any atom is 0.255 e. The van der Waals surface area contributed by atoms with Crippen LogP contribution in [-0.4, -0.2) is 48.8 Å². The molecule has 6 nitrogen and oxygen atoms in total. The molecule has 1 aliphatic heterocycles. The third-order valence-electron chi connectivity index (χ3n) is 5.91. The number of thioether (sulfide) groups is 1. The highest BCUT2D eigenvalue weighted by Gasteiger charge is 2.43. The predicted octanol–water partition coefficient (Wildman–Crippen LogP) is 4.47. The Balaban J connectivity index is 1.61. The summed E-state index contributed by atoms with van der Waals surface area (Å²) in [4.78, 5) is 29.7. The summed E-state index contributed by atoms with van der Waals surface area (Å²) in [5, 5.41) is 5.04. The van der Waals surface area contributed by atoms with Crippen molar-refractivity contribution in [1.29, 1.82) is 0 Å². The first-order valence-electron chi connectivity index (χ1n) is 10.6. The summed E-state index contributed by atoms with van der Waals surface area (Å²) >= 11 is 3.25. The molecule has 2 amide bonds. The van der Waals surface area contributed by atoms with E-state index in [-0.39, 0.29) is 23.2 Å². The third kappa shape index (κ3) is 4.70. The second kappa shape index (κ2) is 9.96. The Kier molecular flexibility index (Phi) is 7.07. The average Bonchev–Trinajstić information content (AvgIpc) is 3.48. The molecule has 31 heavy (non-hydrogen) atoms. The molecule has 166 valence electrons. The lowest BCUT2D eigenvalue weighted by molar-refractivity contribution is -0.125. The van der Waals surface area contributed by atoms with E-state index in [1.54, 1.807) is 60.4 Å². The SMILES string of the molecule is COc1ccc(C(=O)N2C(C(=O)NC3CCCCC3)CSC2c2cccs2)cc1OC. The van der Waals surface area contributed by atoms with Gasteiger partial charge in [-0.05, 0) is 42.5 Å². The van der Waals surface area contributed by atoms with E-state index < -0.39 is 6.04 Å². The molecule has 4 rings (SSSR count). The minimum atomic E-state index is -0.500. The molecular weight excluding hydrogens is 432 g/mol. The van der Waals surface area contributed by atoms with E-state index in [4.69, 9.17) is 9.47 Å². The number of thiophene rings is 1. The average molecular weight is 461 g/mol. The lowest BCUT2D eigenvalue weighted by Crippen LogP contribution is -2.50. The zero-order valence-corrected chi connectivity index (χ0v) is 19.5. The molecule has 8 heteroatoms. The van der Waals surface area contributed by atoms with Crippen LogP contribution in [0.25, 0.3) is 0 Å². The number of methoxy groups -OCH3 is 2. The normalized spacial score (nSPS) is 21.7. The van der Waals surface area contributed by atoms with Crippen molar-refractivity contribution < 1.29 is 19.1 Å². The summed E-state index contributed by atoms with van der Waals surface area (Å²) in [6.07, 6.45) is 5.57. The number of nitrogens with one attached hydrogen (secondary N) is 1. The Morgan fingerprint density at radius 3 is 2.52 bits per heavy atom. The van der Waals surface area contributed by atoms with E-state index in [0.29, 0.717) is 22.8 Å². The molecule has 2 aromatic rings. The highest BCUT2D eigenvalue weighted by molar-refractivity contribution is 7.99. The molecule has 1 aromatic heterocycles. The molecule has 1 aromatic carbocycles. The van der Waals surface area contributed by atoms with Gasteiger partial charge in [-0.25, -0.2) is 0 Å². The van der Waals surface area contributed by atoms with Gasteiger partial charge in [-0.2, -0.15) is 0 Å². The van der Waals surface area contributed by atoms with E-state index in [2.05, 4.69) is 5.32 Å². The van der Waals surface area contributed by atoms with Gasteiger partial charge >= 0.3 is 0 Å². The number of carbonyl (C=O) groups is 2. The summed E-state index contributed by atoms with van der Waals surface area (Å²) in [6.45, 7) is 0. The van der Waals surface area contributed by atoms with Crippen molar-refractivity contribution in [2.24, 2.45) is 0 Å². The molecule has 1 saturated heterocycles. The molecule has 2 heterocycles. The van der Waals surface area contributed by atoms with E-state index in [0.717, 1.165) is 30.6 Å². The zero-order valence-electron chi connectivity index (χ0n) is 17.8. The molecule has 1 aliphatic carbocycles. The van der Waals surface area contributed by atoms with Crippen LogP contribution in [-0.2, 0) is 4.79 Å². The minimum absolute atomic E-state index is 0.0488. The number of rotatable bonds is 6. The summed E-state index contributed by atoms with van der Waals surface area (Å²) in [7, 11) is 3.11. The lowest BCUT2D eigenvalue weighted by Gasteiger charge is -2.30. The molecule has 0 spiro atoms. The maximum atomic E-state index is 13.7. The van der Waals surface area contributed by atoms with Gasteiger partial charge in [0.15, 0.2) is 11.5 Å². The fraction of sp³-hybridized carbons (Fsp3) is 0.478. The number of nitrogens with zero attached hydrogens (tertiary/aromatic N) is 1. The Labute approximate surface area is 191 Å².